The standard InChI is InChI=1S/C13H19NO3/c1-14-9-5-6-10-17-12-8-4-3-7-11(12)13(15)16-2/h3-4,7-8,14H,5-6,9-10H2,1-2H3. The number of esters is 1. The third-order valence-corrected chi connectivity index (χ3v) is 2.37. The maximum Gasteiger partial charge on any atom is 0.341 e. The van der Waals surface area contributed by atoms with Crippen molar-refractivity contribution >= 4 is 5.97 Å². The number of benzene rings is 1. The van der Waals surface area contributed by atoms with Crippen LogP contribution in [0.2, 0.25) is 0 Å². The van der Waals surface area contributed by atoms with Gasteiger partial charge in [-0.15, -0.1) is 0 Å². The Kier molecular flexibility index (Phi) is 6.10. The van der Waals surface area contributed by atoms with Crippen molar-refractivity contribution in [2.24, 2.45) is 0 Å². The van der Waals surface area contributed by atoms with Crippen LogP contribution in [0.4, 0.5) is 0 Å². The molecule has 0 radical (unpaired) electrons. The molecule has 0 saturated carbocycles. The van der Waals surface area contributed by atoms with Crippen LogP contribution in [0.25, 0.3) is 0 Å². The summed E-state index contributed by atoms with van der Waals surface area (Å²) in [5.74, 6) is 0.222. The van der Waals surface area contributed by atoms with Crippen molar-refractivity contribution in [3.8, 4) is 5.75 Å². The van der Waals surface area contributed by atoms with Gasteiger partial charge in [0.05, 0.1) is 13.7 Å². The average molecular weight is 237 g/mol. The molecule has 0 aliphatic rings. The summed E-state index contributed by atoms with van der Waals surface area (Å²) in [5.41, 5.74) is 0.476. The minimum absolute atomic E-state index is 0.365. The van der Waals surface area contributed by atoms with Gasteiger partial charge in [0.25, 0.3) is 0 Å². The second-order valence-electron chi connectivity index (χ2n) is 3.65. The van der Waals surface area contributed by atoms with Crippen LogP contribution in [0.5, 0.6) is 5.75 Å². The van der Waals surface area contributed by atoms with Gasteiger partial charge in [-0.05, 0) is 38.6 Å². The zero-order valence-corrected chi connectivity index (χ0v) is 10.4. The Hall–Kier alpha value is -1.55. The number of unbranched alkanes of at least 4 members (excludes halogenated alkanes) is 1. The van der Waals surface area contributed by atoms with Crippen LogP contribution >= 0.6 is 0 Å². The van der Waals surface area contributed by atoms with Crippen LogP contribution in [-0.4, -0.2) is 33.3 Å². The quantitative estimate of drug-likeness (QED) is 0.581. The first kappa shape index (κ1) is 13.5. The highest BCUT2D eigenvalue weighted by Gasteiger charge is 2.11. The lowest BCUT2D eigenvalue weighted by Gasteiger charge is -2.09. The van der Waals surface area contributed by atoms with Gasteiger partial charge >= 0.3 is 5.97 Å². The molecule has 1 aromatic carbocycles. The third kappa shape index (κ3) is 4.44. The highest BCUT2D eigenvalue weighted by Crippen LogP contribution is 2.18. The number of hydrogen-bond acceptors (Lipinski definition) is 4. The number of nitrogens with one attached hydrogen (secondary N) is 1. The molecule has 4 nitrogen and oxygen atoms in total. The first-order chi connectivity index (χ1) is 8.29. The molecule has 0 fully saturated rings. The van der Waals surface area contributed by atoms with E-state index in [-0.39, 0.29) is 5.97 Å². The van der Waals surface area contributed by atoms with E-state index in [1.54, 1.807) is 18.2 Å². The van der Waals surface area contributed by atoms with Gasteiger partial charge < -0.3 is 14.8 Å². The van der Waals surface area contributed by atoms with E-state index in [1.165, 1.54) is 7.11 Å². The molecule has 4 heteroatoms. The van der Waals surface area contributed by atoms with Gasteiger partial charge in [-0.2, -0.15) is 0 Å². The number of rotatable bonds is 7. The third-order valence-electron chi connectivity index (χ3n) is 2.37. The fourth-order valence-electron chi connectivity index (χ4n) is 1.46. The Morgan fingerprint density at radius 1 is 1.29 bits per heavy atom. The summed E-state index contributed by atoms with van der Waals surface area (Å²) in [6, 6.07) is 7.12. The van der Waals surface area contributed by atoms with Crippen molar-refractivity contribution in [3.05, 3.63) is 29.8 Å². The first-order valence-electron chi connectivity index (χ1n) is 5.74. The second-order valence-corrected chi connectivity index (χ2v) is 3.65. The Bertz CT molecular complexity index is 352. The number of ether oxygens (including phenoxy) is 2. The lowest BCUT2D eigenvalue weighted by atomic mass is 10.2. The van der Waals surface area contributed by atoms with Gasteiger partial charge in [0.2, 0.25) is 0 Å². The number of carbonyl (C=O) groups is 1. The number of hydrogen-bond donors (Lipinski definition) is 1. The van der Waals surface area contributed by atoms with Gasteiger partial charge in [0, 0.05) is 0 Å². The fourth-order valence-corrected chi connectivity index (χ4v) is 1.46. The molecular weight excluding hydrogens is 218 g/mol. The van der Waals surface area contributed by atoms with Crippen molar-refractivity contribution in [1.82, 2.24) is 5.32 Å². The first-order valence-corrected chi connectivity index (χ1v) is 5.74. The maximum absolute atomic E-state index is 11.5. The van der Waals surface area contributed by atoms with E-state index in [1.807, 2.05) is 13.1 Å². The zero-order chi connectivity index (χ0) is 12.5. The molecule has 17 heavy (non-hydrogen) atoms. The summed E-state index contributed by atoms with van der Waals surface area (Å²) in [7, 11) is 3.29. The fraction of sp³-hybridized carbons (Fsp3) is 0.462. The molecule has 0 saturated heterocycles. The smallest absolute Gasteiger partial charge is 0.341 e. The van der Waals surface area contributed by atoms with Gasteiger partial charge in [0.1, 0.15) is 11.3 Å². The van der Waals surface area contributed by atoms with Crippen molar-refractivity contribution in [2.75, 3.05) is 27.3 Å². The average Bonchev–Trinajstić information content (AvgIpc) is 2.38. The summed E-state index contributed by atoms with van der Waals surface area (Å²) in [4.78, 5) is 11.5. The van der Waals surface area contributed by atoms with Gasteiger partial charge in [-0.25, -0.2) is 4.79 Å². The normalized spacial score (nSPS) is 10.0. The molecule has 0 aliphatic carbocycles. The maximum atomic E-state index is 11.5. The molecule has 1 N–H and O–H groups in total. The van der Waals surface area contributed by atoms with Crippen molar-refractivity contribution in [1.29, 1.82) is 0 Å². The monoisotopic (exact) mass is 237 g/mol. The molecule has 1 aromatic rings. The predicted octanol–water partition coefficient (Wildman–Crippen LogP) is 1.85. The van der Waals surface area contributed by atoms with Gasteiger partial charge in [0.15, 0.2) is 0 Å². The van der Waals surface area contributed by atoms with E-state index in [9.17, 15) is 4.79 Å². The van der Waals surface area contributed by atoms with Crippen LogP contribution in [-0.2, 0) is 4.74 Å². The Labute approximate surface area is 102 Å². The summed E-state index contributed by atoms with van der Waals surface area (Å²) >= 11 is 0. The van der Waals surface area contributed by atoms with Crippen molar-refractivity contribution < 1.29 is 14.3 Å². The van der Waals surface area contributed by atoms with Gasteiger partial charge in [-0.3, -0.25) is 0 Å². The summed E-state index contributed by atoms with van der Waals surface area (Å²) in [5, 5.41) is 3.08. The van der Waals surface area contributed by atoms with Crippen LogP contribution in [0.15, 0.2) is 24.3 Å². The number of methoxy groups -OCH3 is 1. The number of carbonyl (C=O) groups excluding carboxylic acids is 1. The lowest BCUT2D eigenvalue weighted by molar-refractivity contribution is 0.0596. The Balaban J connectivity index is 2.49. The van der Waals surface area contributed by atoms with Crippen LogP contribution in [0, 0.1) is 0 Å². The largest absolute Gasteiger partial charge is 0.493 e. The molecule has 0 unspecified atom stereocenters. The molecule has 0 atom stereocenters. The minimum Gasteiger partial charge on any atom is -0.493 e. The van der Waals surface area contributed by atoms with E-state index in [2.05, 4.69) is 5.32 Å². The molecule has 0 aromatic heterocycles. The van der Waals surface area contributed by atoms with Crippen molar-refractivity contribution in [2.45, 2.75) is 12.8 Å². The van der Waals surface area contributed by atoms with E-state index in [0.717, 1.165) is 19.4 Å². The minimum atomic E-state index is -0.365. The molecule has 0 bridgehead atoms. The van der Waals surface area contributed by atoms with Crippen LogP contribution in [0.3, 0.4) is 0 Å². The van der Waals surface area contributed by atoms with Crippen molar-refractivity contribution in [3.63, 3.8) is 0 Å². The Morgan fingerprint density at radius 3 is 2.76 bits per heavy atom. The van der Waals surface area contributed by atoms with Crippen LogP contribution in [0.1, 0.15) is 23.2 Å². The van der Waals surface area contributed by atoms with E-state index >= 15 is 0 Å². The van der Waals surface area contributed by atoms with Crippen LogP contribution < -0.4 is 10.1 Å². The van der Waals surface area contributed by atoms with E-state index in [0.29, 0.717) is 17.9 Å². The molecule has 1 rings (SSSR count). The molecule has 0 heterocycles. The topological polar surface area (TPSA) is 47.6 Å². The van der Waals surface area contributed by atoms with Gasteiger partial charge in [-0.1, -0.05) is 12.1 Å². The predicted molar refractivity (Wildman–Crippen MR) is 66.4 cm³/mol. The summed E-state index contributed by atoms with van der Waals surface area (Å²) < 4.78 is 10.3. The Morgan fingerprint density at radius 2 is 2.06 bits per heavy atom. The highest BCUT2D eigenvalue weighted by molar-refractivity contribution is 5.92. The highest BCUT2D eigenvalue weighted by atomic mass is 16.5. The number of para-hydroxylation sites is 1. The SMILES string of the molecule is CNCCCCOc1ccccc1C(=O)OC. The van der Waals surface area contributed by atoms with E-state index < -0.39 is 0 Å². The molecule has 94 valence electrons. The van der Waals surface area contributed by atoms with E-state index in [4.69, 9.17) is 9.47 Å². The molecule has 0 amide bonds. The lowest BCUT2D eigenvalue weighted by Crippen LogP contribution is -2.10. The summed E-state index contributed by atoms with van der Waals surface area (Å²) in [6.07, 6.45) is 2.01. The second kappa shape index (κ2) is 7.68. The zero-order valence-electron chi connectivity index (χ0n) is 10.4. The summed E-state index contributed by atoms with van der Waals surface area (Å²) in [6.45, 7) is 1.58. The molecule has 0 spiro atoms. The molecule has 0 aliphatic heterocycles. The molecular formula is C13H19NO3.